The molecule has 0 aliphatic heterocycles. The van der Waals surface area contributed by atoms with Crippen molar-refractivity contribution in [2.24, 2.45) is 0 Å². The molecule has 2 rings (SSSR count). The second kappa shape index (κ2) is 3.77. The Bertz CT molecular complexity index is 572. The van der Waals surface area contributed by atoms with Gasteiger partial charge in [-0.05, 0) is 19.1 Å². The lowest BCUT2D eigenvalue weighted by molar-refractivity contribution is -0.108. The smallest absolute Gasteiger partial charge is 0.152 e. The van der Waals surface area contributed by atoms with Crippen LogP contribution in [0.3, 0.4) is 0 Å². The molecule has 0 radical (unpaired) electrons. The minimum atomic E-state index is 0.212. The SMILES string of the molecule is Cc1nc2c(C=O)cc(N)cc2n1CC=O. The Morgan fingerprint density at radius 2 is 2.19 bits per heavy atom. The number of benzene rings is 1. The molecule has 0 aliphatic rings. The van der Waals surface area contributed by atoms with Crippen LogP contribution in [0.2, 0.25) is 0 Å². The third-order valence-electron chi connectivity index (χ3n) is 2.48. The van der Waals surface area contributed by atoms with Gasteiger partial charge in [-0.25, -0.2) is 4.98 Å². The van der Waals surface area contributed by atoms with E-state index in [4.69, 9.17) is 5.73 Å². The Balaban J connectivity index is 2.82. The molecule has 0 atom stereocenters. The van der Waals surface area contributed by atoms with Gasteiger partial charge in [0, 0.05) is 11.3 Å². The summed E-state index contributed by atoms with van der Waals surface area (Å²) in [7, 11) is 0. The molecule has 16 heavy (non-hydrogen) atoms. The van der Waals surface area contributed by atoms with Crippen molar-refractivity contribution in [3.05, 3.63) is 23.5 Å². The highest BCUT2D eigenvalue weighted by Crippen LogP contribution is 2.22. The fraction of sp³-hybridized carbons (Fsp3) is 0.182. The third-order valence-corrected chi connectivity index (χ3v) is 2.48. The molecule has 0 saturated heterocycles. The fourth-order valence-corrected chi connectivity index (χ4v) is 1.78. The average Bonchev–Trinajstić information content (AvgIpc) is 2.56. The van der Waals surface area contributed by atoms with Crippen LogP contribution in [0.25, 0.3) is 11.0 Å². The molecule has 2 N–H and O–H groups in total. The van der Waals surface area contributed by atoms with Crippen molar-refractivity contribution in [1.29, 1.82) is 0 Å². The molecule has 82 valence electrons. The lowest BCUT2D eigenvalue weighted by atomic mass is 10.2. The number of rotatable bonds is 3. The van der Waals surface area contributed by atoms with Crippen LogP contribution in [0, 0.1) is 6.92 Å². The molecule has 5 heteroatoms. The molecule has 0 unspecified atom stereocenters. The van der Waals surface area contributed by atoms with Gasteiger partial charge < -0.3 is 15.1 Å². The fourth-order valence-electron chi connectivity index (χ4n) is 1.78. The van der Waals surface area contributed by atoms with Gasteiger partial charge in [-0.3, -0.25) is 4.79 Å². The van der Waals surface area contributed by atoms with E-state index in [9.17, 15) is 9.59 Å². The molecule has 0 spiro atoms. The Labute approximate surface area is 91.9 Å². The summed E-state index contributed by atoms with van der Waals surface area (Å²) in [5.41, 5.74) is 7.92. The number of carbonyl (C=O) groups is 2. The van der Waals surface area contributed by atoms with Crippen molar-refractivity contribution in [2.75, 3.05) is 5.73 Å². The zero-order chi connectivity index (χ0) is 11.7. The molecule has 5 nitrogen and oxygen atoms in total. The van der Waals surface area contributed by atoms with Gasteiger partial charge in [0.25, 0.3) is 0 Å². The van der Waals surface area contributed by atoms with Crippen molar-refractivity contribution in [1.82, 2.24) is 9.55 Å². The number of hydrogen-bond donors (Lipinski definition) is 1. The lowest BCUT2D eigenvalue weighted by Crippen LogP contribution is -2.01. The van der Waals surface area contributed by atoms with Crippen LogP contribution < -0.4 is 5.73 Å². The van der Waals surface area contributed by atoms with Gasteiger partial charge in [0.05, 0.1) is 17.6 Å². The minimum absolute atomic E-state index is 0.212. The maximum absolute atomic E-state index is 10.9. The standard InChI is InChI=1S/C11H11N3O2/c1-7-13-11-8(6-16)4-9(12)5-10(11)14(7)2-3-15/h3-6H,2,12H2,1H3. The van der Waals surface area contributed by atoms with Gasteiger partial charge in [-0.1, -0.05) is 0 Å². The number of fused-ring (bicyclic) bond motifs is 1. The molecule has 1 heterocycles. The number of nitrogens with zero attached hydrogens (tertiary/aromatic N) is 2. The van der Waals surface area contributed by atoms with Crippen molar-refractivity contribution < 1.29 is 9.59 Å². The van der Waals surface area contributed by atoms with E-state index in [0.717, 1.165) is 12.6 Å². The molecule has 2 aromatic rings. The second-order valence-electron chi connectivity index (χ2n) is 3.53. The van der Waals surface area contributed by atoms with Crippen molar-refractivity contribution in [3.8, 4) is 0 Å². The van der Waals surface area contributed by atoms with E-state index in [1.807, 2.05) is 0 Å². The van der Waals surface area contributed by atoms with E-state index < -0.39 is 0 Å². The first kappa shape index (κ1) is 10.4. The van der Waals surface area contributed by atoms with E-state index in [-0.39, 0.29) is 6.54 Å². The normalized spacial score (nSPS) is 10.6. The Kier molecular flexibility index (Phi) is 2.44. The zero-order valence-corrected chi connectivity index (χ0v) is 8.80. The molecular formula is C11H11N3O2. The number of nitrogens with two attached hydrogens (primary N) is 1. The summed E-state index contributed by atoms with van der Waals surface area (Å²) in [6.45, 7) is 2.00. The summed E-state index contributed by atoms with van der Waals surface area (Å²) in [6, 6.07) is 3.29. The van der Waals surface area contributed by atoms with Gasteiger partial charge in [0.1, 0.15) is 12.1 Å². The van der Waals surface area contributed by atoms with E-state index in [0.29, 0.717) is 28.1 Å². The van der Waals surface area contributed by atoms with Gasteiger partial charge in [-0.2, -0.15) is 0 Å². The first-order chi connectivity index (χ1) is 7.67. The van der Waals surface area contributed by atoms with Crippen LogP contribution in [0.1, 0.15) is 16.2 Å². The molecule has 0 amide bonds. The van der Waals surface area contributed by atoms with Gasteiger partial charge in [0.15, 0.2) is 6.29 Å². The van der Waals surface area contributed by atoms with Crippen LogP contribution in [-0.4, -0.2) is 22.1 Å². The predicted molar refractivity (Wildman–Crippen MR) is 60.3 cm³/mol. The highest BCUT2D eigenvalue weighted by atomic mass is 16.1. The molecule has 0 bridgehead atoms. The summed E-state index contributed by atoms with van der Waals surface area (Å²) in [6.07, 6.45) is 1.51. The summed E-state index contributed by atoms with van der Waals surface area (Å²) in [5, 5.41) is 0. The topological polar surface area (TPSA) is 78.0 Å². The van der Waals surface area contributed by atoms with Crippen LogP contribution in [0.15, 0.2) is 12.1 Å². The van der Waals surface area contributed by atoms with E-state index in [1.54, 1.807) is 23.6 Å². The molecule has 0 fully saturated rings. The van der Waals surface area contributed by atoms with Crippen LogP contribution in [0.4, 0.5) is 5.69 Å². The Hall–Kier alpha value is -2.17. The number of imidazole rings is 1. The molecule has 1 aromatic carbocycles. The van der Waals surface area contributed by atoms with E-state index in [2.05, 4.69) is 4.98 Å². The largest absolute Gasteiger partial charge is 0.399 e. The minimum Gasteiger partial charge on any atom is -0.399 e. The van der Waals surface area contributed by atoms with Crippen LogP contribution >= 0.6 is 0 Å². The maximum Gasteiger partial charge on any atom is 0.152 e. The Morgan fingerprint density at radius 1 is 1.44 bits per heavy atom. The monoisotopic (exact) mass is 217 g/mol. The highest BCUT2D eigenvalue weighted by Gasteiger charge is 2.11. The van der Waals surface area contributed by atoms with Crippen LogP contribution in [-0.2, 0) is 11.3 Å². The molecule has 0 aliphatic carbocycles. The van der Waals surface area contributed by atoms with E-state index in [1.165, 1.54) is 0 Å². The summed E-state index contributed by atoms with van der Waals surface area (Å²) < 4.78 is 1.73. The van der Waals surface area contributed by atoms with Gasteiger partial charge in [0.2, 0.25) is 0 Å². The van der Waals surface area contributed by atoms with Gasteiger partial charge >= 0.3 is 0 Å². The first-order valence-electron chi connectivity index (χ1n) is 4.82. The maximum atomic E-state index is 10.9. The average molecular weight is 217 g/mol. The van der Waals surface area contributed by atoms with Gasteiger partial charge in [-0.15, -0.1) is 0 Å². The number of carbonyl (C=O) groups excluding carboxylic acids is 2. The number of aldehydes is 2. The molecule has 1 aromatic heterocycles. The Morgan fingerprint density at radius 3 is 2.81 bits per heavy atom. The predicted octanol–water partition coefficient (Wildman–Crippen LogP) is 0.938. The summed E-state index contributed by atoms with van der Waals surface area (Å²) >= 11 is 0. The number of aryl methyl sites for hydroxylation is 1. The van der Waals surface area contributed by atoms with E-state index >= 15 is 0 Å². The molecular weight excluding hydrogens is 206 g/mol. The van der Waals surface area contributed by atoms with Crippen molar-refractivity contribution in [3.63, 3.8) is 0 Å². The van der Waals surface area contributed by atoms with Crippen molar-refractivity contribution in [2.45, 2.75) is 13.5 Å². The highest BCUT2D eigenvalue weighted by molar-refractivity contribution is 5.97. The number of hydrogen-bond acceptors (Lipinski definition) is 4. The molecule has 0 saturated carbocycles. The summed E-state index contributed by atoms with van der Waals surface area (Å²) in [5.74, 6) is 0.691. The number of nitrogen functional groups attached to an aromatic ring is 1. The quantitative estimate of drug-likeness (QED) is 0.613. The summed E-state index contributed by atoms with van der Waals surface area (Å²) in [4.78, 5) is 25.7. The lowest BCUT2D eigenvalue weighted by Gasteiger charge is -2.02. The third kappa shape index (κ3) is 1.46. The number of aromatic nitrogens is 2. The van der Waals surface area contributed by atoms with Crippen LogP contribution in [0.5, 0.6) is 0 Å². The second-order valence-corrected chi connectivity index (χ2v) is 3.53. The number of anilines is 1. The zero-order valence-electron chi connectivity index (χ0n) is 8.80. The van der Waals surface area contributed by atoms with Crippen molar-refractivity contribution >= 4 is 29.3 Å². The first-order valence-corrected chi connectivity index (χ1v) is 4.82.